The lowest BCUT2D eigenvalue weighted by atomic mass is 10.0. The number of alkyl halides is 6. The maximum Gasteiger partial charge on any atom is 0.416 e. The first-order valence-corrected chi connectivity index (χ1v) is 12.3. The minimum absolute atomic E-state index is 0.0362. The maximum absolute atomic E-state index is 13.3. The number of anilines is 1. The molecule has 0 radical (unpaired) electrons. The van der Waals surface area contributed by atoms with Crippen LogP contribution in [-0.2, 0) is 18.9 Å². The molecule has 214 valence electrons. The Morgan fingerprint density at radius 3 is 2.10 bits per heavy atom. The SMILES string of the molecule is Cc1ccccc1Oc1nc(N2CCN(C)CC2)nc(C)c1C(=O)NCc1cc(C(F)(F)F)cc(C(F)(F)F)c1. The number of likely N-dealkylation sites (N-methyl/N-ethyl adjacent to an activating group) is 1. The lowest BCUT2D eigenvalue weighted by molar-refractivity contribution is -0.143. The molecule has 0 aliphatic carbocycles. The fourth-order valence-electron chi connectivity index (χ4n) is 4.18. The standard InChI is InChI=1S/C27H27F6N5O2/c1-16-6-4-5-7-21(16)40-24-22(17(2)35-25(36-24)38-10-8-37(3)9-11-38)23(39)34-15-18-12-19(26(28,29)30)14-20(13-18)27(31,32)33/h4-7,12-14H,8-11,15H2,1-3H3,(H,34,39). The lowest BCUT2D eigenvalue weighted by Gasteiger charge is -2.32. The molecular weight excluding hydrogens is 540 g/mol. The maximum atomic E-state index is 13.3. The van der Waals surface area contributed by atoms with Crippen LogP contribution in [0.15, 0.2) is 42.5 Å². The van der Waals surface area contributed by atoms with E-state index in [0.717, 1.165) is 18.7 Å². The minimum Gasteiger partial charge on any atom is -0.438 e. The molecule has 0 spiro atoms. The Hall–Kier alpha value is -3.87. The van der Waals surface area contributed by atoms with Crippen molar-refractivity contribution in [1.82, 2.24) is 20.2 Å². The summed E-state index contributed by atoms with van der Waals surface area (Å²) in [5.41, 5.74) is -2.38. The molecule has 3 aromatic rings. The molecule has 1 aliphatic heterocycles. The molecule has 0 atom stereocenters. The second-order valence-corrected chi connectivity index (χ2v) is 9.54. The third-order valence-electron chi connectivity index (χ3n) is 6.46. The molecule has 0 unspecified atom stereocenters. The third kappa shape index (κ3) is 6.82. The number of amides is 1. The summed E-state index contributed by atoms with van der Waals surface area (Å²) in [7, 11) is 1.99. The molecule has 2 heterocycles. The van der Waals surface area contributed by atoms with Crippen molar-refractivity contribution in [1.29, 1.82) is 0 Å². The van der Waals surface area contributed by atoms with Gasteiger partial charge in [-0.25, -0.2) is 4.98 Å². The summed E-state index contributed by atoms with van der Waals surface area (Å²) in [6.07, 6.45) is -10.0. The Labute approximate surface area is 226 Å². The molecule has 2 aromatic carbocycles. The van der Waals surface area contributed by atoms with Crippen LogP contribution in [0.25, 0.3) is 0 Å². The number of hydrogen-bond acceptors (Lipinski definition) is 6. The number of carbonyl (C=O) groups excluding carboxylic acids is 1. The fraction of sp³-hybridized carbons (Fsp3) is 0.370. The molecular formula is C27H27F6N5O2. The molecule has 0 bridgehead atoms. The number of benzene rings is 2. The number of para-hydroxylation sites is 1. The number of rotatable bonds is 6. The number of hydrogen-bond donors (Lipinski definition) is 1. The highest BCUT2D eigenvalue weighted by Gasteiger charge is 2.37. The monoisotopic (exact) mass is 567 g/mol. The number of ether oxygens (including phenoxy) is 1. The number of carbonyl (C=O) groups is 1. The second kappa shape index (κ2) is 11.3. The summed E-state index contributed by atoms with van der Waals surface area (Å²) in [5, 5.41) is 2.41. The molecule has 1 amide bonds. The van der Waals surface area contributed by atoms with Gasteiger partial charge in [-0.1, -0.05) is 18.2 Å². The van der Waals surface area contributed by atoms with Crippen molar-refractivity contribution in [2.75, 3.05) is 38.1 Å². The van der Waals surface area contributed by atoms with Crippen LogP contribution in [0.1, 0.15) is 38.3 Å². The van der Waals surface area contributed by atoms with E-state index >= 15 is 0 Å². The number of aryl methyl sites for hydroxylation is 2. The van der Waals surface area contributed by atoms with Gasteiger partial charge in [-0.2, -0.15) is 31.3 Å². The van der Waals surface area contributed by atoms with Crippen LogP contribution in [0.2, 0.25) is 0 Å². The van der Waals surface area contributed by atoms with Gasteiger partial charge in [0, 0.05) is 32.7 Å². The summed E-state index contributed by atoms with van der Waals surface area (Å²) in [5.74, 6) is -0.115. The zero-order valence-electron chi connectivity index (χ0n) is 22.0. The number of nitrogens with one attached hydrogen (secondary N) is 1. The van der Waals surface area contributed by atoms with Crippen LogP contribution in [-0.4, -0.2) is 54.0 Å². The molecule has 0 saturated carbocycles. The van der Waals surface area contributed by atoms with Crippen molar-refractivity contribution in [3.05, 3.63) is 76.0 Å². The predicted octanol–water partition coefficient (Wildman–Crippen LogP) is 5.61. The van der Waals surface area contributed by atoms with E-state index in [1.54, 1.807) is 38.1 Å². The quantitative estimate of drug-likeness (QED) is 0.391. The third-order valence-corrected chi connectivity index (χ3v) is 6.46. The molecule has 1 aromatic heterocycles. The van der Waals surface area contributed by atoms with Crippen LogP contribution in [0, 0.1) is 13.8 Å². The Kier molecular flexibility index (Phi) is 8.24. The highest BCUT2D eigenvalue weighted by Crippen LogP contribution is 2.36. The second-order valence-electron chi connectivity index (χ2n) is 9.54. The first-order valence-electron chi connectivity index (χ1n) is 12.3. The molecule has 7 nitrogen and oxygen atoms in total. The normalized spacial score (nSPS) is 14.8. The summed E-state index contributed by atoms with van der Waals surface area (Å²) in [6.45, 7) is 5.59. The van der Waals surface area contributed by atoms with E-state index in [4.69, 9.17) is 4.74 Å². The molecule has 4 rings (SSSR count). The summed E-state index contributed by atoms with van der Waals surface area (Å²) < 4.78 is 85.6. The first-order chi connectivity index (χ1) is 18.7. The van der Waals surface area contributed by atoms with E-state index in [1.807, 2.05) is 11.9 Å². The van der Waals surface area contributed by atoms with Gasteiger partial charge in [0.05, 0.1) is 16.8 Å². The Bertz CT molecular complexity index is 1350. The van der Waals surface area contributed by atoms with Gasteiger partial charge in [0.2, 0.25) is 11.8 Å². The summed E-state index contributed by atoms with van der Waals surface area (Å²) in [4.78, 5) is 26.4. The minimum atomic E-state index is -5.00. The zero-order valence-corrected chi connectivity index (χ0v) is 22.0. The molecule has 13 heteroatoms. The predicted molar refractivity (Wildman–Crippen MR) is 135 cm³/mol. The molecule has 1 N–H and O–H groups in total. The Morgan fingerprint density at radius 2 is 1.52 bits per heavy atom. The summed E-state index contributed by atoms with van der Waals surface area (Å²) >= 11 is 0. The van der Waals surface area contributed by atoms with Crippen LogP contribution in [0.5, 0.6) is 11.6 Å². The highest BCUT2D eigenvalue weighted by atomic mass is 19.4. The van der Waals surface area contributed by atoms with E-state index in [0.29, 0.717) is 36.9 Å². The van der Waals surface area contributed by atoms with E-state index in [2.05, 4.69) is 20.2 Å². The van der Waals surface area contributed by atoms with Crippen molar-refractivity contribution in [3.63, 3.8) is 0 Å². The van der Waals surface area contributed by atoms with Gasteiger partial charge in [-0.05, 0) is 56.3 Å². The van der Waals surface area contributed by atoms with E-state index in [9.17, 15) is 31.1 Å². The van der Waals surface area contributed by atoms with Crippen LogP contribution >= 0.6 is 0 Å². The molecule has 1 aliphatic rings. The van der Waals surface area contributed by atoms with Crippen molar-refractivity contribution in [2.45, 2.75) is 32.7 Å². The number of piperazine rings is 1. The largest absolute Gasteiger partial charge is 0.438 e. The van der Waals surface area contributed by atoms with Crippen LogP contribution in [0.3, 0.4) is 0 Å². The van der Waals surface area contributed by atoms with Crippen molar-refractivity contribution < 1.29 is 35.9 Å². The molecule has 1 saturated heterocycles. The van der Waals surface area contributed by atoms with E-state index in [1.165, 1.54) is 0 Å². The highest BCUT2D eigenvalue weighted by molar-refractivity contribution is 5.97. The summed E-state index contributed by atoms with van der Waals surface area (Å²) in [6, 6.07) is 8.21. The van der Waals surface area contributed by atoms with Crippen LogP contribution in [0.4, 0.5) is 32.3 Å². The average Bonchev–Trinajstić information content (AvgIpc) is 2.87. The smallest absolute Gasteiger partial charge is 0.416 e. The van der Waals surface area contributed by atoms with Gasteiger partial charge in [0.15, 0.2) is 0 Å². The van der Waals surface area contributed by atoms with Gasteiger partial charge in [0.1, 0.15) is 11.3 Å². The first kappa shape index (κ1) is 29.1. The topological polar surface area (TPSA) is 70.6 Å². The van der Waals surface area contributed by atoms with Crippen LogP contribution < -0.4 is 15.0 Å². The average molecular weight is 568 g/mol. The van der Waals surface area contributed by atoms with Crippen molar-refractivity contribution in [3.8, 4) is 11.6 Å². The number of halogens is 6. The lowest BCUT2D eigenvalue weighted by Crippen LogP contribution is -2.45. The van der Waals surface area contributed by atoms with E-state index < -0.39 is 35.9 Å². The molecule has 40 heavy (non-hydrogen) atoms. The van der Waals surface area contributed by atoms with Gasteiger partial charge in [0.25, 0.3) is 5.91 Å². The van der Waals surface area contributed by atoms with Crippen molar-refractivity contribution in [2.24, 2.45) is 0 Å². The van der Waals surface area contributed by atoms with E-state index in [-0.39, 0.29) is 28.8 Å². The zero-order chi connectivity index (χ0) is 29.2. The number of aromatic nitrogens is 2. The van der Waals surface area contributed by atoms with Gasteiger partial charge in [-0.15, -0.1) is 0 Å². The van der Waals surface area contributed by atoms with Gasteiger partial charge >= 0.3 is 12.4 Å². The number of nitrogens with zero attached hydrogens (tertiary/aromatic N) is 4. The van der Waals surface area contributed by atoms with Gasteiger partial charge < -0.3 is 19.9 Å². The Balaban J connectivity index is 1.67. The fourth-order valence-corrected chi connectivity index (χ4v) is 4.18. The van der Waals surface area contributed by atoms with Gasteiger partial charge in [-0.3, -0.25) is 4.79 Å². The molecule has 1 fully saturated rings. The Morgan fingerprint density at radius 1 is 0.925 bits per heavy atom. The van der Waals surface area contributed by atoms with Crippen molar-refractivity contribution >= 4 is 11.9 Å².